The van der Waals surface area contributed by atoms with Crippen LogP contribution >= 0.6 is 12.2 Å². The third-order valence-electron chi connectivity index (χ3n) is 7.23. The summed E-state index contributed by atoms with van der Waals surface area (Å²) in [4.78, 5) is 21.2. The van der Waals surface area contributed by atoms with Gasteiger partial charge >= 0.3 is 6.18 Å². The molecule has 4 rings (SSSR count). The normalized spacial score (nSPS) is 17.9. The number of thiocarbonyl (C=S) groups is 1. The molecule has 36 heavy (non-hydrogen) atoms. The number of hydrogen-bond donors (Lipinski definition) is 0. The summed E-state index contributed by atoms with van der Waals surface area (Å²) in [5.74, 6) is 0. The summed E-state index contributed by atoms with van der Waals surface area (Å²) in [6.07, 6.45) is -0.742. The lowest BCUT2D eigenvalue weighted by Gasteiger charge is -2.49. The number of likely N-dealkylation sites (N-methyl/N-ethyl adjacent to an activating group) is 1. The van der Waals surface area contributed by atoms with Gasteiger partial charge in [-0.25, -0.2) is 4.98 Å². The number of benzene rings is 1. The van der Waals surface area contributed by atoms with E-state index in [0.29, 0.717) is 31.7 Å². The Labute approximate surface area is 213 Å². The van der Waals surface area contributed by atoms with Crippen molar-refractivity contribution in [1.82, 2.24) is 9.88 Å². The fraction of sp³-hybridized carbons (Fsp3) is 0.440. The Morgan fingerprint density at radius 3 is 2.22 bits per heavy atom. The summed E-state index contributed by atoms with van der Waals surface area (Å²) in [6, 6.07) is 10.0. The standard InChI is InChI=1S/C25H26F3N5O2S/c1-31(2)24(15-35-16-24)17-5-7-18(8-6-17)33(23(14-34)9-4-10-23)22(36)32(3)19-11-20(25(26,27)28)21(12-29)30-13-19/h5-8,11,13-14H,4,9-10,15-16H2,1-3H3. The lowest BCUT2D eigenvalue weighted by molar-refractivity contribution is -0.138. The van der Waals surface area contributed by atoms with Crippen LogP contribution in [-0.2, 0) is 21.2 Å². The molecule has 7 nitrogen and oxygen atoms in total. The first kappa shape index (κ1) is 26.0. The van der Waals surface area contributed by atoms with Crippen molar-refractivity contribution in [1.29, 1.82) is 5.26 Å². The van der Waals surface area contributed by atoms with E-state index in [0.717, 1.165) is 24.3 Å². The average Bonchev–Trinajstić information content (AvgIpc) is 2.79. The Morgan fingerprint density at radius 2 is 1.81 bits per heavy atom. The van der Waals surface area contributed by atoms with E-state index < -0.39 is 23.0 Å². The lowest BCUT2D eigenvalue weighted by atomic mass is 9.76. The molecule has 1 aromatic carbocycles. The van der Waals surface area contributed by atoms with Crippen molar-refractivity contribution in [2.75, 3.05) is 44.2 Å². The maximum Gasteiger partial charge on any atom is 0.419 e. The molecule has 0 atom stereocenters. The van der Waals surface area contributed by atoms with Crippen LogP contribution in [0.15, 0.2) is 36.5 Å². The van der Waals surface area contributed by atoms with Crippen LogP contribution in [-0.4, -0.2) is 61.2 Å². The van der Waals surface area contributed by atoms with Gasteiger partial charge in [0.15, 0.2) is 10.8 Å². The molecular weight excluding hydrogens is 491 g/mol. The Balaban J connectivity index is 1.72. The van der Waals surface area contributed by atoms with Crippen LogP contribution in [0, 0.1) is 11.3 Å². The van der Waals surface area contributed by atoms with Gasteiger partial charge in [0.05, 0.1) is 36.2 Å². The van der Waals surface area contributed by atoms with Crippen LogP contribution in [0.2, 0.25) is 0 Å². The Hall–Kier alpha value is -3.07. The third-order valence-corrected chi connectivity index (χ3v) is 7.69. The van der Waals surface area contributed by atoms with E-state index in [1.807, 2.05) is 38.4 Å². The first-order valence-electron chi connectivity index (χ1n) is 11.4. The third kappa shape index (κ3) is 4.23. The number of aromatic nitrogens is 1. The molecule has 1 aliphatic heterocycles. The first-order chi connectivity index (χ1) is 17.0. The molecule has 2 fully saturated rings. The molecule has 2 aliphatic rings. The topological polar surface area (TPSA) is 72.7 Å². The summed E-state index contributed by atoms with van der Waals surface area (Å²) in [5, 5.41) is 9.22. The molecule has 1 saturated heterocycles. The van der Waals surface area contributed by atoms with E-state index >= 15 is 0 Å². The van der Waals surface area contributed by atoms with E-state index in [9.17, 15) is 18.0 Å². The Kier molecular flexibility index (Phi) is 6.81. The molecule has 0 bridgehead atoms. The number of halogens is 3. The second-order valence-corrected chi connectivity index (χ2v) is 9.78. The van der Waals surface area contributed by atoms with Crippen molar-refractivity contribution < 1.29 is 22.7 Å². The van der Waals surface area contributed by atoms with E-state index in [2.05, 4.69) is 9.88 Å². The van der Waals surface area contributed by atoms with Gasteiger partial charge < -0.3 is 19.3 Å². The predicted octanol–water partition coefficient (Wildman–Crippen LogP) is 4.11. The highest BCUT2D eigenvalue weighted by Crippen LogP contribution is 2.42. The van der Waals surface area contributed by atoms with Crippen LogP contribution in [0.25, 0.3) is 0 Å². The van der Waals surface area contributed by atoms with Gasteiger partial charge in [-0.3, -0.25) is 4.90 Å². The fourth-order valence-corrected chi connectivity index (χ4v) is 4.99. The van der Waals surface area contributed by atoms with E-state index in [1.165, 1.54) is 24.2 Å². The molecule has 2 aromatic rings. The number of pyridine rings is 1. The van der Waals surface area contributed by atoms with E-state index in [1.54, 1.807) is 4.90 Å². The number of ether oxygens (including phenoxy) is 1. The molecule has 190 valence electrons. The van der Waals surface area contributed by atoms with Crippen molar-refractivity contribution >= 4 is 35.0 Å². The zero-order chi connectivity index (χ0) is 26.3. The van der Waals surface area contributed by atoms with Crippen LogP contribution in [0.1, 0.15) is 36.1 Å². The highest BCUT2D eigenvalue weighted by atomic mass is 32.1. The van der Waals surface area contributed by atoms with Crippen LogP contribution in [0.5, 0.6) is 0 Å². The van der Waals surface area contributed by atoms with Crippen molar-refractivity contribution in [3.63, 3.8) is 0 Å². The predicted molar refractivity (Wildman–Crippen MR) is 133 cm³/mol. The smallest absolute Gasteiger partial charge is 0.377 e. The van der Waals surface area contributed by atoms with Crippen LogP contribution in [0.4, 0.5) is 24.5 Å². The minimum atomic E-state index is -4.75. The molecule has 0 spiro atoms. The number of alkyl halides is 3. The minimum Gasteiger partial charge on any atom is -0.377 e. The van der Waals surface area contributed by atoms with Crippen molar-refractivity contribution in [3.05, 3.63) is 53.3 Å². The van der Waals surface area contributed by atoms with Crippen LogP contribution < -0.4 is 9.80 Å². The monoisotopic (exact) mass is 517 g/mol. The molecule has 2 heterocycles. The van der Waals surface area contributed by atoms with Crippen LogP contribution in [0.3, 0.4) is 0 Å². The number of nitriles is 1. The summed E-state index contributed by atoms with van der Waals surface area (Å²) >= 11 is 5.75. The fourth-order valence-electron chi connectivity index (χ4n) is 4.59. The number of nitrogens with zero attached hydrogens (tertiary/aromatic N) is 5. The zero-order valence-corrected chi connectivity index (χ0v) is 21.0. The highest BCUT2D eigenvalue weighted by Gasteiger charge is 2.46. The summed E-state index contributed by atoms with van der Waals surface area (Å²) in [7, 11) is 5.50. The molecule has 1 aliphatic carbocycles. The number of carbonyl (C=O) groups excluding carboxylic acids is 1. The summed E-state index contributed by atoms with van der Waals surface area (Å²) < 4.78 is 46.0. The van der Waals surface area contributed by atoms with Gasteiger partial charge in [0.1, 0.15) is 17.9 Å². The Bertz CT molecular complexity index is 1200. The number of anilines is 2. The molecule has 0 amide bonds. The number of carbonyl (C=O) groups is 1. The largest absolute Gasteiger partial charge is 0.419 e. The van der Waals surface area contributed by atoms with E-state index in [4.69, 9.17) is 22.2 Å². The molecular formula is C25H26F3N5O2S. The second kappa shape index (κ2) is 9.42. The van der Waals surface area contributed by atoms with Gasteiger partial charge in [-0.1, -0.05) is 12.1 Å². The molecule has 0 unspecified atom stereocenters. The zero-order valence-electron chi connectivity index (χ0n) is 20.2. The maximum atomic E-state index is 13.5. The van der Waals surface area contributed by atoms with Crippen molar-refractivity contribution in [3.8, 4) is 6.07 Å². The summed E-state index contributed by atoms with van der Waals surface area (Å²) in [6.45, 7) is 1.13. The molecule has 1 saturated carbocycles. The van der Waals surface area contributed by atoms with Gasteiger partial charge in [0, 0.05) is 12.7 Å². The molecule has 0 radical (unpaired) electrons. The quantitative estimate of drug-likeness (QED) is 0.419. The maximum absolute atomic E-state index is 13.5. The number of hydrogen-bond acceptors (Lipinski definition) is 6. The number of rotatable bonds is 6. The number of aldehydes is 1. The Morgan fingerprint density at radius 1 is 1.17 bits per heavy atom. The average molecular weight is 518 g/mol. The van der Waals surface area contributed by atoms with Crippen molar-refractivity contribution in [2.45, 2.75) is 36.5 Å². The van der Waals surface area contributed by atoms with Crippen molar-refractivity contribution in [2.24, 2.45) is 0 Å². The second-order valence-electron chi connectivity index (χ2n) is 9.42. The highest BCUT2D eigenvalue weighted by molar-refractivity contribution is 7.80. The SMILES string of the molecule is CN(C(=S)N(c1ccc(C2(N(C)C)COC2)cc1)C1(C=O)CCC1)c1cnc(C#N)c(C(F)(F)F)c1. The minimum absolute atomic E-state index is 0.0616. The van der Waals surface area contributed by atoms with E-state index in [-0.39, 0.29) is 16.3 Å². The lowest BCUT2D eigenvalue weighted by Crippen LogP contribution is -2.61. The van der Waals surface area contributed by atoms with Gasteiger partial charge in [-0.2, -0.15) is 18.4 Å². The first-order valence-corrected chi connectivity index (χ1v) is 11.8. The van der Waals surface area contributed by atoms with Gasteiger partial charge in [0.2, 0.25) is 0 Å². The summed E-state index contributed by atoms with van der Waals surface area (Å²) in [5.41, 5.74) is -1.20. The van der Waals surface area contributed by atoms with Gasteiger partial charge in [0.25, 0.3) is 0 Å². The molecule has 0 N–H and O–H groups in total. The molecule has 1 aromatic heterocycles. The molecule has 11 heteroatoms. The van der Waals surface area contributed by atoms with Gasteiger partial charge in [-0.15, -0.1) is 0 Å². The van der Waals surface area contributed by atoms with Gasteiger partial charge in [-0.05, 0) is 69.3 Å².